The van der Waals surface area contributed by atoms with Crippen LogP contribution in [0.5, 0.6) is 17.2 Å². The smallest absolute Gasteiger partial charge is 0.243 e. The number of para-hydroxylation sites is 1. The minimum absolute atomic E-state index is 0.243. The highest BCUT2D eigenvalue weighted by Gasteiger charge is 2.26. The standard InChI is InChI=1S/C22H24N2O6S2/c1-27-20-5-3-4-19(21(20)28-2)22-23-16(15-31-22)14-30-17-6-8-18(9-7-17)32(25,26)24-10-12-29-13-11-24/h3-9,15H,10-14H2,1-2H3. The predicted octanol–water partition coefficient (Wildman–Crippen LogP) is 3.43. The van der Waals surface area contributed by atoms with E-state index in [2.05, 4.69) is 4.98 Å². The van der Waals surface area contributed by atoms with Gasteiger partial charge in [0.25, 0.3) is 0 Å². The molecule has 0 saturated carbocycles. The number of thiazole rings is 1. The lowest BCUT2D eigenvalue weighted by Gasteiger charge is -2.26. The first-order valence-electron chi connectivity index (χ1n) is 9.99. The Morgan fingerprint density at radius 2 is 1.81 bits per heavy atom. The number of hydrogen-bond acceptors (Lipinski definition) is 8. The minimum atomic E-state index is -3.52. The van der Waals surface area contributed by atoms with E-state index >= 15 is 0 Å². The number of sulfonamides is 1. The molecule has 32 heavy (non-hydrogen) atoms. The van der Waals surface area contributed by atoms with E-state index in [1.165, 1.54) is 15.6 Å². The van der Waals surface area contributed by atoms with Gasteiger partial charge in [0.2, 0.25) is 10.0 Å². The largest absolute Gasteiger partial charge is 0.493 e. The molecule has 3 aromatic rings. The summed E-state index contributed by atoms with van der Waals surface area (Å²) >= 11 is 1.49. The van der Waals surface area contributed by atoms with E-state index in [9.17, 15) is 8.42 Å². The number of hydrogen-bond donors (Lipinski definition) is 0. The zero-order chi connectivity index (χ0) is 22.6. The Balaban J connectivity index is 1.43. The van der Waals surface area contributed by atoms with Crippen LogP contribution in [0.3, 0.4) is 0 Å². The molecular formula is C22H24N2O6S2. The summed E-state index contributed by atoms with van der Waals surface area (Å²) in [5, 5.41) is 2.72. The molecule has 0 unspecified atom stereocenters. The highest BCUT2D eigenvalue weighted by Crippen LogP contribution is 2.39. The minimum Gasteiger partial charge on any atom is -0.493 e. The average Bonchev–Trinajstić information content (AvgIpc) is 3.32. The number of morpholine rings is 1. The Bertz CT molecular complexity index is 1160. The molecule has 1 fully saturated rings. The summed E-state index contributed by atoms with van der Waals surface area (Å²) in [6, 6.07) is 12.1. The van der Waals surface area contributed by atoms with Gasteiger partial charge < -0.3 is 18.9 Å². The molecule has 2 heterocycles. The quantitative estimate of drug-likeness (QED) is 0.492. The van der Waals surface area contributed by atoms with Gasteiger partial charge in [0.1, 0.15) is 17.4 Å². The van der Waals surface area contributed by atoms with Crippen LogP contribution in [0.25, 0.3) is 10.6 Å². The van der Waals surface area contributed by atoms with Crippen LogP contribution < -0.4 is 14.2 Å². The SMILES string of the molecule is COc1cccc(-c2nc(COc3ccc(S(=O)(=O)N4CCOCC4)cc3)cs2)c1OC. The molecule has 0 spiro atoms. The van der Waals surface area contributed by atoms with Crippen molar-refractivity contribution in [1.82, 2.24) is 9.29 Å². The van der Waals surface area contributed by atoms with Gasteiger partial charge in [-0.25, -0.2) is 13.4 Å². The monoisotopic (exact) mass is 476 g/mol. The van der Waals surface area contributed by atoms with E-state index in [1.807, 2.05) is 23.6 Å². The zero-order valence-electron chi connectivity index (χ0n) is 17.8. The first-order valence-corrected chi connectivity index (χ1v) is 12.3. The molecule has 0 aliphatic carbocycles. The van der Waals surface area contributed by atoms with Crippen LogP contribution in [0.15, 0.2) is 52.7 Å². The molecule has 8 nitrogen and oxygen atoms in total. The molecular weight excluding hydrogens is 452 g/mol. The van der Waals surface area contributed by atoms with Gasteiger partial charge in [-0.15, -0.1) is 11.3 Å². The van der Waals surface area contributed by atoms with Crippen molar-refractivity contribution in [3.63, 3.8) is 0 Å². The molecule has 0 N–H and O–H groups in total. The van der Waals surface area contributed by atoms with Crippen molar-refractivity contribution in [2.75, 3.05) is 40.5 Å². The molecule has 1 saturated heterocycles. The fourth-order valence-electron chi connectivity index (χ4n) is 3.35. The predicted molar refractivity (Wildman–Crippen MR) is 121 cm³/mol. The Kier molecular flexibility index (Phi) is 6.95. The average molecular weight is 477 g/mol. The fourth-order valence-corrected chi connectivity index (χ4v) is 5.59. The van der Waals surface area contributed by atoms with Gasteiger partial charge in [-0.05, 0) is 36.4 Å². The van der Waals surface area contributed by atoms with E-state index in [4.69, 9.17) is 18.9 Å². The highest BCUT2D eigenvalue weighted by molar-refractivity contribution is 7.89. The molecule has 0 atom stereocenters. The fraction of sp³-hybridized carbons (Fsp3) is 0.318. The molecule has 170 valence electrons. The third-order valence-corrected chi connectivity index (χ3v) is 7.84. The lowest BCUT2D eigenvalue weighted by molar-refractivity contribution is 0.0730. The van der Waals surface area contributed by atoms with Crippen molar-refractivity contribution in [3.05, 3.63) is 53.5 Å². The van der Waals surface area contributed by atoms with Gasteiger partial charge >= 0.3 is 0 Å². The van der Waals surface area contributed by atoms with Crippen molar-refractivity contribution >= 4 is 21.4 Å². The molecule has 1 aliphatic rings. The summed E-state index contributed by atoms with van der Waals surface area (Å²) in [6.45, 7) is 1.82. The molecule has 0 radical (unpaired) electrons. The summed E-state index contributed by atoms with van der Waals surface area (Å²) in [5.41, 5.74) is 1.61. The van der Waals surface area contributed by atoms with Gasteiger partial charge in [-0.1, -0.05) is 6.07 Å². The summed E-state index contributed by atoms with van der Waals surface area (Å²) < 4.78 is 48.8. The molecule has 0 amide bonds. The number of nitrogens with zero attached hydrogens (tertiary/aromatic N) is 2. The van der Waals surface area contributed by atoms with Crippen LogP contribution in [0.4, 0.5) is 0 Å². The molecule has 2 aromatic carbocycles. The van der Waals surface area contributed by atoms with E-state index in [0.717, 1.165) is 16.3 Å². The van der Waals surface area contributed by atoms with E-state index in [0.29, 0.717) is 43.6 Å². The van der Waals surface area contributed by atoms with Crippen LogP contribution in [-0.2, 0) is 21.4 Å². The molecule has 10 heteroatoms. The summed E-state index contributed by atoms with van der Waals surface area (Å²) in [4.78, 5) is 4.88. The molecule has 0 bridgehead atoms. The van der Waals surface area contributed by atoms with E-state index in [1.54, 1.807) is 38.5 Å². The van der Waals surface area contributed by atoms with Gasteiger partial charge in [-0.2, -0.15) is 4.31 Å². The van der Waals surface area contributed by atoms with Gasteiger partial charge in [0.05, 0.1) is 43.6 Å². The van der Waals surface area contributed by atoms with Crippen molar-refractivity contribution in [1.29, 1.82) is 0 Å². The van der Waals surface area contributed by atoms with Crippen LogP contribution in [0.2, 0.25) is 0 Å². The second-order valence-electron chi connectivity index (χ2n) is 6.96. The zero-order valence-corrected chi connectivity index (χ0v) is 19.4. The highest BCUT2D eigenvalue weighted by atomic mass is 32.2. The first kappa shape index (κ1) is 22.5. The Hall–Kier alpha value is -2.66. The number of rotatable bonds is 8. The summed E-state index contributed by atoms with van der Waals surface area (Å²) in [7, 11) is -0.324. The van der Waals surface area contributed by atoms with Crippen LogP contribution >= 0.6 is 11.3 Å². The molecule has 1 aliphatic heterocycles. The Morgan fingerprint density at radius 3 is 2.50 bits per heavy atom. The number of aromatic nitrogens is 1. The Labute approximate surface area is 191 Å². The second kappa shape index (κ2) is 9.86. The van der Waals surface area contributed by atoms with E-state index in [-0.39, 0.29) is 11.5 Å². The van der Waals surface area contributed by atoms with Crippen molar-refractivity contribution in [2.45, 2.75) is 11.5 Å². The maximum absolute atomic E-state index is 12.7. The maximum Gasteiger partial charge on any atom is 0.243 e. The van der Waals surface area contributed by atoms with Gasteiger partial charge in [-0.3, -0.25) is 0 Å². The molecule has 4 rings (SSSR count). The number of benzene rings is 2. The normalized spacial score (nSPS) is 14.8. The van der Waals surface area contributed by atoms with Crippen LogP contribution in [0.1, 0.15) is 5.69 Å². The first-order chi connectivity index (χ1) is 15.5. The third-order valence-electron chi connectivity index (χ3n) is 5.00. The van der Waals surface area contributed by atoms with E-state index < -0.39 is 10.0 Å². The van der Waals surface area contributed by atoms with Gasteiger partial charge in [0, 0.05) is 18.5 Å². The topological polar surface area (TPSA) is 87.2 Å². The maximum atomic E-state index is 12.7. The lowest BCUT2D eigenvalue weighted by Crippen LogP contribution is -2.40. The van der Waals surface area contributed by atoms with Crippen LogP contribution in [-0.4, -0.2) is 58.2 Å². The van der Waals surface area contributed by atoms with Crippen LogP contribution in [0, 0.1) is 0 Å². The molecule has 1 aromatic heterocycles. The lowest BCUT2D eigenvalue weighted by atomic mass is 10.2. The number of methoxy groups -OCH3 is 2. The van der Waals surface area contributed by atoms with Crippen molar-refractivity contribution < 1.29 is 27.4 Å². The Morgan fingerprint density at radius 1 is 1.06 bits per heavy atom. The van der Waals surface area contributed by atoms with Crippen molar-refractivity contribution in [2.24, 2.45) is 0 Å². The summed E-state index contributed by atoms with van der Waals surface area (Å²) in [5.74, 6) is 1.85. The van der Waals surface area contributed by atoms with Crippen molar-refractivity contribution in [3.8, 4) is 27.8 Å². The number of ether oxygens (including phenoxy) is 4. The van der Waals surface area contributed by atoms with Gasteiger partial charge in [0.15, 0.2) is 11.5 Å². The summed E-state index contributed by atoms with van der Waals surface area (Å²) in [6.07, 6.45) is 0. The second-order valence-corrected chi connectivity index (χ2v) is 9.76. The third kappa shape index (κ3) is 4.73.